The summed E-state index contributed by atoms with van der Waals surface area (Å²) in [7, 11) is -2.06. The highest BCUT2D eigenvalue weighted by Crippen LogP contribution is 2.13. The molecule has 0 spiro atoms. The van der Waals surface area contributed by atoms with Gasteiger partial charge in [-0.3, -0.25) is 0 Å². The number of hydrogen-bond donors (Lipinski definition) is 3. The summed E-state index contributed by atoms with van der Waals surface area (Å²) < 4.78 is 25.0. The van der Waals surface area contributed by atoms with E-state index in [1.54, 1.807) is 0 Å². The minimum atomic E-state index is -2.06. The maximum absolute atomic E-state index is 12.6. The summed E-state index contributed by atoms with van der Waals surface area (Å²) in [5.74, 6) is -3.07. The first-order valence-electron chi connectivity index (χ1n) is 3.06. The highest BCUT2D eigenvalue weighted by atomic mass is 19.1. The predicted molar refractivity (Wildman–Crippen MR) is 37.8 cm³/mol. The average molecular weight is 174 g/mol. The summed E-state index contributed by atoms with van der Waals surface area (Å²) in [5.41, 5.74) is -0.561. The van der Waals surface area contributed by atoms with Gasteiger partial charge < -0.3 is 15.2 Å². The monoisotopic (exact) mass is 174 g/mol. The van der Waals surface area contributed by atoms with Crippen LogP contribution in [0, 0.1) is 11.6 Å². The fourth-order valence-corrected chi connectivity index (χ4v) is 0.752. The summed E-state index contributed by atoms with van der Waals surface area (Å²) in [5, 5.41) is 25.7. The summed E-state index contributed by atoms with van der Waals surface area (Å²) in [6, 6.07) is 0.999. The largest absolute Gasteiger partial charge is 0.505 e. The molecule has 12 heavy (non-hydrogen) atoms. The molecule has 0 fully saturated rings. The lowest BCUT2D eigenvalue weighted by atomic mass is 9.80. The van der Waals surface area contributed by atoms with Crippen molar-refractivity contribution in [2.24, 2.45) is 0 Å². The average Bonchev–Trinajstić information content (AvgIpc) is 1.96. The van der Waals surface area contributed by atoms with Crippen LogP contribution in [-0.2, 0) is 0 Å². The molecule has 0 unspecified atom stereocenters. The van der Waals surface area contributed by atoms with Crippen molar-refractivity contribution in [1.29, 1.82) is 0 Å². The number of phenols is 1. The molecule has 1 aromatic carbocycles. The third-order valence-corrected chi connectivity index (χ3v) is 1.34. The van der Waals surface area contributed by atoms with Gasteiger partial charge in [-0.15, -0.1) is 0 Å². The standard InChI is InChI=1S/C6H5BF2O3/c8-4-2-5(9)6(10)1-3(4)7(11)12/h1-2,10-12H. The molecule has 0 aromatic heterocycles. The van der Waals surface area contributed by atoms with E-state index in [1.807, 2.05) is 0 Å². The first-order chi connectivity index (χ1) is 5.52. The summed E-state index contributed by atoms with van der Waals surface area (Å²) >= 11 is 0. The molecule has 1 aromatic rings. The first-order valence-corrected chi connectivity index (χ1v) is 3.06. The van der Waals surface area contributed by atoms with Crippen molar-refractivity contribution < 1.29 is 23.9 Å². The van der Waals surface area contributed by atoms with E-state index in [9.17, 15) is 8.78 Å². The highest BCUT2D eigenvalue weighted by molar-refractivity contribution is 6.58. The second kappa shape index (κ2) is 3.08. The van der Waals surface area contributed by atoms with Crippen molar-refractivity contribution in [1.82, 2.24) is 0 Å². The van der Waals surface area contributed by atoms with Crippen LogP contribution in [0.4, 0.5) is 8.78 Å². The van der Waals surface area contributed by atoms with Crippen molar-refractivity contribution >= 4 is 12.6 Å². The van der Waals surface area contributed by atoms with E-state index in [4.69, 9.17) is 15.2 Å². The maximum Gasteiger partial charge on any atom is 0.491 e. The zero-order valence-electron chi connectivity index (χ0n) is 5.83. The van der Waals surface area contributed by atoms with Crippen LogP contribution in [0.3, 0.4) is 0 Å². The Kier molecular flexibility index (Phi) is 2.30. The Morgan fingerprint density at radius 1 is 1.08 bits per heavy atom. The number of halogens is 2. The minimum Gasteiger partial charge on any atom is -0.505 e. The SMILES string of the molecule is OB(O)c1cc(O)c(F)cc1F. The van der Waals surface area contributed by atoms with Gasteiger partial charge in [0.15, 0.2) is 11.6 Å². The van der Waals surface area contributed by atoms with Crippen LogP contribution >= 0.6 is 0 Å². The van der Waals surface area contributed by atoms with E-state index >= 15 is 0 Å². The van der Waals surface area contributed by atoms with E-state index in [1.165, 1.54) is 0 Å². The molecule has 3 N–H and O–H groups in total. The molecule has 0 radical (unpaired) electrons. The maximum atomic E-state index is 12.6. The van der Waals surface area contributed by atoms with Gasteiger partial charge >= 0.3 is 7.12 Å². The van der Waals surface area contributed by atoms with Gasteiger partial charge in [-0.1, -0.05) is 0 Å². The Labute approximate surface area is 67.0 Å². The first kappa shape index (κ1) is 8.96. The quantitative estimate of drug-likeness (QED) is 0.495. The van der Waals surface area contributed by atoms with Gasteiger partial charge in [0.25, 0.3) is 0 Å². The normalized spacial score (nSPS) is 10.0. The smallest absolute Gasteiger partial charge is 0.491 e. The fraction of sp³-hybridized carbons (Fsp3) is 0. The summed E-state index contributed by atoms with van der Waals surface area (Å²) in [6.07, 6.45) is 0. The van der Waals surface area contributed by atoms with Crippen LogP contribution in [0.15, 0.2) is 12.1 Å². The topological polar surface area (TPSA) is 60.7 Å². The summed E-state index contributed by atoms with van der Waals surface area (Å²) in [6.45, 7) is 0. The zero-order valence-corrected chi connectivity index (χ0v) is 5.83. The molecular weight excluding hydrogens is 169 g/mol. The van der Waals surface area contributed by atoms with E-state index in [2.05, 4.69) is 0 Å². The molecule has 0 saturated carbocycles. The second-order valence-corrected chi connectivity index (χ2v) is 2.20. The van der Waals surface area contributed by atoms with Gasteiger partial charge in [-0.2, -0.15) is 0 Å². The van der Waals surface area contributed by atoms with Crippen LogP contribution in [0.25, 0.3) is 0 Å². The van der Waals surface area contributed by atoms with Crippen molar-refractivity contribution in [2.45, 2.75) is 0 Å². The molecule has 64 valence electrons. The Balaban J connectivity index is 3.23. The number of benzene rings is 1. The lowest BCUT2D eigenvalue weighted by molar-refractivity contribution is 0.415. The number of aromatic hydroxyl groups is 1. The van der Waals surface area contributed by atoms with E-state index in [0.29, 0.717) is 12.1 Å². The third kappa shape index (κ3) is 1.54. The van der Waals surface area contributed by atoms with E-state index < -0.39 is 30.0 Å². The molecule has 0 bridgehead atoms. The van der Waals surface area contributed by atoms with E-state index in [-0.39, 0.29) is 0 Å². The molecule has 1 rings (SSSR count). The Morgan fingerprint density at radius 3 is 2.17 bits per heavy atom. The van der Waals surface area contributed by atoms with Crippen LogP contribution in [-0.4, -0.2) is 22.3 Å². The van der Waals surface area contributed by atoms with E-state index in [0.717, 1.165) is 0 Å². The van der Waals surface area contributed by atoms with Crippen LogP contribution in [0.1, 0.15) is 0 Å². The number of hydrogen-bond acceptors (Lipinski definition) is 3. The van der Waals surface area contributed by atoms with Crippen molar-refractivity contribution in [3.8, 4) is 5.75 Å². The molecule has 3 nitrogen and oxygen atoms in total. The number of phenolic OH excluding ortho intramolecular Hbond substituents is 1. The molecule has 0 saturated heterocycles. The van der Waals surface area contributed by atoms with Crippen LogP contribution < -0.4 is 5.46 Å². The second-order valence-electron chi connectivity index (χ2n) is 2.20. The Bertz CT molecular complexity index is 303. The Morgan fingerprint density at radius 2 is 1.67 bits per heavy atom. The van der Waals surface area contributed by atoms with Crippen molar-refractivity contribution in [2.75, 3.05) is 0 Å². The molecule has 6 heteroatoms. The van der Waals surface area contributed by atoms with Crippen LogP contribution in [0.5, 0.6) is 5.75 Å². The van der Waals surface area contributed by atoms with Gasteiger partial charge in [0, 0.05) is 11.5 Å². The zero-order chi connectivity index (χ0) is 9.30. The minimum absolute atomic E-state index is 0.379. The van der Waals surface area contributed by atoms with Gasteiger partial charge in [-0.05, 0) is 6.07 Å². The highest BCUT2D eigenvalue weighted by Gasteiger charge is 2.19. The molecule has 0 amide bonds. The predicted octanol–water partition coefficient (Wildman–Crippen LogP) is -0.650. The molecule has 0 aliphatic rings. The van der Waals surface area contributed by atoms with Gasteiger partial charge in [0.2, 0.25) is 0 Å². The van der Waals surface area contributed by atoms with Gasteiger partial charge in [0.1, 0.15) is 5.82 Å². The Hall–Kier alpha value is -1.14. The number of rotatable bonds is 1. The van der Waals surface area contributed by atoms with Gasteiger partial charge in [0.05, 0.1) is 0 Å². The fourth-order valence-electron chi connectivity index (χ4n) is 0.752. The lowest BCUT2D eigenvalue weighted by Crippen LogP contribution is -2.32. The lowest BCUT2D eigenvalue weighted by Gasteiger charge is -2.02. The van der Waals surface area contributed by atoms with Gasteiger partial charge in [-0.25, -0.2) is 8.78 Å². The third-order valence-electron chi connectivity index (χ3n) is 1.34. The molecular formula is C6H5BF2O3. The van der Waals surface area contributed by atoms with Crippen LogP contribution in [0.2, 0.25) is 0 Å². The molecule has 0 atom stereocenters. The summed E-state index contributed by atoms with van der Waals surface area (Å²) in [4.78, 5) is 0. The van der Waals surface area contributed by atoms with Crippen molar-refractivity contribution in [3.05, 3.63) is 23.8 Å². The molecule has 0 aliphatic carbocycles. The molecule has 0 aliphatic heterocycles. The van der Waals surface area contributed by atoms with Crippen molar-refractivity contribution in [3.63, 3.8) is 0 Å². The molecule has 0 heterocycles.